The summed E-state index contributed by atoms with van der Waals surface area (Å²) in [5, 5.41) is 13.2. The molecule has 0 bridgehead atoms. The Balaban J connectivity index is 0.000000396. The summed E-state index contributed by atoms with van der Waals surface area (Å²) in [6.07, 6.45) is 2.90. The smallest absolute Gasteiger partial charge is 0.194 e. The van der Waals surface area contributed by atoms with E-state index in [1.54, 1.807) is 24.3 Å². The molecule has 5 nitrogen and oxygen atoms in total. The van der Waals surface area contributed by atoms with Gasteiger partial charge in [0.05, 0.1) is 0 Å². The van der Waals surface area contributed by atoms with Crippen molar-refractivity contribution in [2.45, 2.75) is 20.3 Å². The first-order valence-electron chi connectivity index (χ1n) is 11.4. The zero-order valence-electron chi connectivity index (χ0n) is 20.2. The summed E-state index contributed by atoms with van der Waals surface area (Å²) in [5.74, 6) is 1.30. The Labute approximate surface area is 206 Å². The summed E-state index contributed by atoms with van der Waals surface area (Å²) < 4.78 is 5.48. The molecule has 0 amide bonds. The third-order valence-corrected chi connectivity index (χ3v) is 5.85. The van der Waals surface area contributed by atoms with Crippen molar-refractivity contribution in [2.75, 3.05) is 32.1 Å². The van der Waals surface area contributed by atoms with Gasteiger partial charge in [0.2, 0.25) is 0 Å². The molecule has 2 aromatic carbocycles. The molecule has 34 heavy (non-hydrogen) atoms. The molecule has 6 heteroatoms. The maximum Gasteiger partial charge on any atom is 0.194 e. The number of pyridine rings is 1. The number of phenols is 1. The van der Waals surface area contributed by atoms with Gasteiger partial charge in [0, 0.05) is 37.8 Å². The maximum absolute atomic E-state index is 8.63. The Morgan fingerprint density at radius 1 is 1.06 bits per heavy atom. The first-order valence-corrected chi connectivity index (χ1v) is 11.8. The highest BCUT2D eigenvalue weighted by molar-refractivity contribution is 6.29. The number of aromatic hydroxyl groups is 1. The van der Waals surface area contributed by atoms with Crippen LogP contribution in [0.1, 0.15) is 31.4 Å². The third-order valence-electron chi connectivity index (χ3n) is 5.67. The lowest BCUT2D eigenvalue weighted by Crippen LogP contribution is -2.27. The molecule has 0 fully saturated rings. The van der Waals surface area contributed by atoms with Crippen molar-refractivity contribution < 1.29 is 9.52 Å². The molecule has 0 radical (unpaired) electrons. The minimum Gasteiger partial charge on any atom is -0.508 e. The minimum absolute atomic E-state index is 0.322. The zero-order chi connectivity index (χ0) is 24.5. The number of fused-ring (bicyclic) bond motifs is 1. The Morgan fingerprint density at radius 3 is 2.38 bits per heavy atom. The van der Waals surface area contributed by atoms with E-state index in [0.717, 1.165) is 41.9 Å². The van der Waals surface area contributed by atoms with Gasteiger partial charge in [-0.1, -0.05) is 31.2 Å². The van der Waals surface area contributed by atoms with Crippen LogP contribution < -0.4 is 10.2 Å². The number of allylic oxidation sites excluding steroid dienone is 2. The van der Waals surface area contributed by atoms with Crippen molar-refractivity contribution in [3.63, 3.8) is 0 Å². The summed E-state index contributed by atoms with van der Waals surface area (Å²) in [5.41, 5.74) is 5.68. The van der Waals surface area contributed by atoms with E-state index in [-0.39, 0.29) is 0 Å². The van der Waals surface area contributed by atoms with Crippen LogP contribution in [0.3, 0.4) is 0 Å². The number of hydrogen-bond donors (Lipinski definition) is 2. The van der Waals surface area contributed by atoms with E-state index in [0.29, 0.717) is 11.0 Å². The molecule has 0 saturated heterocycles. The maximum atomic E-state index is 8.63. The van der Waals surface area contributed by atoms with Gasteiger partial charge in [-0.05, 0) is 90.7 Å². The monoisotopic (exact) mass is 477 g/mol. The van der Waals surface area contributed by atoms with E-state index < -0.39 is 0 Å². The van der Waals surface area contributed by atoms with Crippen LogP contribution in [0.25, 0.3) is 22.1 Å². The van der Waals surface area contributed by atoms with Crippen molar-refractivity contribution in [3.05, 3.63) is 89.3 Å². The third kappa shape index (κ3) is 6.62. The molecule has 2 N–H and O–H groups in total. The second kappa shape index (κ2) is 12.3. The number of furan rings is 1. The first-order chi connectivity index (χ1) is 16.4. The van der Waals surface area contributed by atoms with Gasteiger partial charge in [-0.15, -0.1) is 0 Å². The Morgan fingerprint density at radius 2 is 1.79 bits per heavy atom. The predicted octanol–water partition coefficient (Wildman–Crippen LogP) is 6.87. The van der Waals surface area contributed by atoms with E-state index in [9.17, 15) is 0 Å². The van der Waals surface area contributed by atoms with Gasteiger partial charge in [-0.3, -0.25) is 0 Å². The second-order valence-electron chi connectivity index (χ2n) is 8.03. The summed E-state index contributed by atoms with van der Waals surface area (Å²) in [6.45, 7) is 6.19. The van der Waals surface area contributed by atoms with Crippen LogP contribution in [-0.4, -0.2) is 37.3 Å². The van der Waals surface area contributed by atoms with Crippen LogP contribution in [0.5, 0.6) is 5.75 Å². The highest BCUT2D eigenvalue weighted by Gasteiger charge is 2.10. The summed E-state index contributed by atoms with van der Waals surface area (Å²) >= 11 is 5.98. The summed E-state index contributed by atoms with van der Waals surface area (Å²) in [6, 6.07) is 21.0. The normalized spacial score (nSPS) is 11.6. The van der Waals surface area contributed by atoms with Crippen LogP contribution in [0.4, 0.5) is 5.82 Å². The van der Waals surface area contributed by atoms with Crippen molar-refractivity contribution >= 4 is 39.5 Å². The number of halogens is 1. The van der Waals surface area contributed by atoms with Gasteiger partial charge in [0.15, 0.2) is 5.22 Å². The van der Waals surface area contributed by atoms with Crippen molar-refractivity contribution in [3.8, 4) is 5.75 Å². The molecule has 4 rings (SSSR count). The molecule has 2 aromatic heterocycles. The van der Waals surface area contributed by atoms with Crippen LogP contribution in [0.15, 0.2) is 77.3 Å². The minimum atomic E-state index is 0.322. The van der Waals surface area contributed by atoms with Crippen LogP contribution in [-0.2, 0) is 0 Å². The topological polar surface area (TPSA) is 61.5 Å². The van der Waals surface area contributed by atoms with Gasteiger partial charge >= 0.3 is 0 Å². The predicted molar refractivity (Wildman–Crippen MR) is 144 cm³/mol. The van der Waals surface area contributed by atoms with Gasteiger partial charge in [-0.25, -0.2) is 4.98 Å². The van der Waals surface area contributed by atoms with E-state index in [2.05, 4.69) is 60.4 Å². The average molecular weight is 478 g/mol. The molecular weight excluding hydrogens is 446 g/mol. The fraction of sp³-hybridized carbons (Fsp3) is 0.250. The lowest BCUT2D eigenvalue weighted by molar-refractivity contribution is 0.475. The van der Waals surface area contributed by atoms with Crippen molar-refractivity contribution in [1.82, 2.24) is 10.3 Å². The largest absolute Gasteiger partial charge is 0.508 e. The number of nitrogens with one attached hydrogen (secondary N) is 1. The van der Waals surface area contributed by atoms with Gasteiger partial charge < -0.3 is 19.7 Å². The van der Waals surface area contributed by atoms with Crippen LogP contribution in [0.2, 0.25) is 5.22 Å². The van der Waals surface area contributed by atoms with Crippen molar-refractivity contribution in [1.29, 1.82) is 0 Å². The Bertz CT molecular complexity index is 1220. The fourth-order valence-corrected chi connectivity index (χ4v) is 3.92. The Hall–Kier alpha value is -3.28. The molecule has 0 unspecified atom stereocenters. The molecule has 0 spiro atoms. The quantitative estimate of drug-likeness (QED) is 0.304. The number of hydrogen-bond acceptors (Lipinski definition) is 5. The number of rotatable bonds is 7. The molecular formula is C28H32ClN3O2. The number of anilines is 1. The molecule has 0 atom stereocenters. The summed E-state index contributed by atoms with van der Waals surface area (Å²) in [7, 11) is 4.02. The molecule has 4 aromatic rings. The zero-order valence-corrected chi connectivity index (χ0v) is 20.9. The number of likely N-dealkylation sites (N-methyl/N-ethyl adjacent to an activating group) is 2. The molecule has 178 valence electrons. The van der Waals surface area contributed by atoms with Crippen molar-refractivity contribution in [2.24, 2.45) is 0 Å². The van der Waals surface area contributed by atoms with Crippen LogP contribution >= 0.6 is 11.6 Å². The fourth-order valence-electron chi connectivity index (χ4n) is 3.71. The molecule has 0 aliphatic carbocycles. The van der Waals surface area contributed by atoms with E-state index in [1.807, 2.05) is 31.4 Å². The number of benzene rings is 2. The lowest BCUT2D eigenvalue weighted by Gasteiger charge is -2.18. The van der Waals surface area contributed by atoms with Gasteiger partial charge in [-0.2, -0.15) is 0 Å². The molecule has 0 saturated carbocycles. The molecule has 2 heterocycles. The lowest BCUT2D eigenvalue weighted by atomic mass is 9.94. The summed E-state index contributed by atoms with van der Waals surface area (Å²) in [4.78, 5) is 6.80. The van der Waals surface area contributed by atoms with Gasteiger partial charge in [0.1, 0.15) is 17.2 Å². The highest BCUT2D eigenvalue weighted by Crippen LogP contribution is 2.32. The van der Waals surface area contributed by atoms with Gasteiger partial charge in [0.25, 0.3) is 0 Å². The number of para-hydroxylation sites is 1. The van der Waals surface area contributed by atoms with E-state index >= 15 is 0 Å². The van der Waals surface area contributed by atoms with E-state index in [1.165, 1.54) is 16.7 Å². The first kappa shape index (κ1) is 25.3. The number of nitrogens with zero attached hydrogens (tertiary/aromatic N) is 2. The molecule has 0 aliphatic rings. The molecule has 0 aliphatic heterocycles. The number of aromatic nitrogens is 1. The SMILES string of the molecule is CC/C(=C(\C)c1ccc(N(C)CCNC)nc1)c1ccc2oc(Cl)cc2c1.Oc1ccccc1. The average Bonchev–Trinajstić information content (AvgIpc) is 3.23. The second-order valence-corrected chi connectivity index (χ2v) is 8.40. The standard InChI is InChI=1S/C22H26ClN3O.C6H6O/c1-5-19(16-6-8-20-18(12-16)13-21(23)27-20)15(2)17-7-9-22(25-14-17)26(4)11-10-24-3;7-6-4-2-1-3-5-6/h6-9,12-14,24H,5,10-11H2,1-4H3;1-5,7H/b19-15-;. The van der Waals surface area contributed by atoms with Crippen LogP contribution in [0, 0.1) is 0 Å². The number of phenolic OH excluding ortho intramolecular Hbond substituents is 1. The highest BCUT2D eigenvalue weighted by atomic mass is 35.5. The van der Waals surface area contributed by atoms with E-state index in [4.69, 9.17) is 21.1 Å². The Kier molecular flexibility index (Phi) is 9.14.